The fourth-order valence-electron chi connectivity index (χ4n) is 0.968. The number of benzene rings is 1. The van der Waals surface area contributed by atoms with Gasteiger partial charge in [-0.05, 0) is 19.1 Å². The third kappa shape index (κ3) is 4.69. The molecule has 0 heterocycles. The van der Waals surface area contributed by atoms with Crippen LogP contribution in [0.2, 0.25) is 5.02 Å². The molecular weight excluding hydrogens is 208 g/mol. The van der Waals surface area contributed by atoms with Gasteiger partial charge in [-0.1, -0.05) is 47.7 Å². The zero-order valence-corrected chi connectivity index (χ0v) is 9.42. The van der Waals surface area contributed by atoms with Crippen molar-refractivity contribution >= 4 is 11.6 Å². The largest absolute Gasteiger partial charge is 0.365 e. The van der Waals surface area contributed by atoms with Crippen LogP contribution in [-0.2, 0) is 4.74 Å². The molecule has 0 aliphatic carbocycles. The fraction of sp³-hybridized carbons (Fsp3) is 0.231. The van der Waals surface area contributed by atoms with Gasteiger partial charge in [0, 0.05) is 5.56 Å². The number of hydrogen-bond acceptors (Lipinski definition) is 1. The van der Waals surface area contributed by atoms with E-state index in [1.54, 1.807) is 0 Å². The number of allylic oxidation sites excluding steroid dienone is 1. The predicted molar refractivity (Wildman–Crippen MR) is 64.0 cm³/mol. The van der Waals surface area contributed by atoms with Crippen molar-refractivity contribution in [3.63, 3.8) is 0 Å². The lowest BCUT2D eigenvalue weighted by molar-refractivity contribution is 0.199. The smallest absolute Gasteiger partial charge is 0.108 e. The monoisotopic (exact) mass is 220 g/mol. The van der Waals surface area contributed by atoms with Crippen LogP contribution in [0.25, 0.3) is 0 Å². The number of rotatable bonds is 3. The van der Waals surface area contributed by atoms with E-state index in [9.17, 15) is 0 Å². The molecule has 0 radical (unpaired) electrons. The van der Waals surface area contributed by atoms with Crippen LogP contribution in [0.5, 0.6) is 0 Å². The van der Waals surface area contributed by atoms with E-state index in [4.69, 9.17) is 16.3 Å². The normalized spacial score (nSPS) is 10.0. The standard InChI is InChI=1S/C13H13ClO/c1-2-3-10-15-11-6-8-12-7-4-5-9-13(12)14/h2-5,7,9H,10-11H2,1H3/b3-2-. The Morgan fingerprint density at radius 2 is 2.20 bits per heavy atom. The molecule has 0 N–H and O–H groups in total. The van der Waals surface area contributed by atoms with E-state index in [0.717, 1.165) is 5.56 Å². The molecule has 1 nitrogen and oxygen atoms in total. The highest BCUT2D eigenvalue weighted by molar-refractivity contribution is 6.31. The van der Waals surface area contributed by atoms with Crippen LogP contribution >= 0.6 is 11.6 Å². The van der Waals surface area contributed by atoms with Crippen LogP contribution in [0, 0.1) is 11.8 Å². The molecule has 0 unspecified atom stereocenters. The average Bonchev–Trinajstić information content (AvgIpc) is 2.25. The van der Waals surface area contributed by atoms with Gasteiger partial charge in [0.1, 0.15) is 6.61 Å². The van der Waals surface area contributed by atoms with Crippen molar-refractivity contribution in [3.8, 4) is 11.8 Å². The average molecular weight is 221 g/mol. The molecule has 0 saturated heterocycles. The minimum atomic E-state index is 0.426. The van der Waals surface area contributed by atoms with Gasteiger partial charge < -0.3 is 4.74 Å². The van der Waals surface area contributed by atoms with Crippen molar-refractivity contribution in [2.45, 2.75) is 6.92 Å². The topological polar surface area (TPSA) is 9.23 Å². The first kappa shape index (κ1) is 11.8. The lowest BCUT2D eigenvalue weighted by Crippen LogP contribution is -1.90. The molecule has 0 spiro atoms. The Kier molecular flexibility index (Phi) is 5.62. The Morgan fingerprint density at radius 1 is 1.40 bits per heavy atom. The molecule has 0 atom stereocenters. The second kappa shape index (κ2) is 7.11. The molecule has 0 aliphatic rings. The molecule has 1 aromatic carbocycles. The maximum Gasteiger partial charge on any atom is 0.108 e. The number of halogens is 1. The molecule has 1 aromatic rings. The molecule has 78 valence electrons. The summed E-state index contributed by atoms with van der Waals surface area (Å²) < 4.78 is 5.23. The summed E-state index contributed by atoms with van der Waals surface area (Å²) in [5.74, 6) is 5.87. The van der Waals surface area contributed by atoms with E-state index in [1.807, 2.05) is 43.3 Å². The van der Waals surface area contributed by atoms with E-state index in [0.29, 0.717) is 18.2 Å². The first-order valence-corrected chi connectivity index (χ1v) is 5.14. The van der Waals surface area contributed by atoms with Gasteiger partial charge in [-0.3, -0.25) is 0 Å². The van der Waals surface area contributed by atoms with Crippen molar-refractivity contribution in [3.05, 3.63) is 47.0 Å². The Bertz CT molecular complexity index is 385. The molecule has 0 saturated carbocycles. The van der Waals surface area contributed by atoms with Crippen molar-refractivity contribution in [1.82, 2.24) is 0 Å². The summed E-state index contributed by atoms with van der Waals surface area (Å²) in [5.41, 5.74) is 0.841. The second-order valence-electron chi connectivity index (χ2n) is 2.87. The summed E-state index contributed by atoms with van der Waals surface area (Å²) in [5, 5.41) is 0.679. The molecule has 2 heteroatoms. The van der Waals surface area contributed by atoms with Crippen LogP contribution in [0.4, 0.5) is 0 Å². The van der Waals surface area contributed by atoms with Crippen LogP contribution in [-0.4, -0.2) is 13.2 Å². The SMILES string of the molecule is C/C=C\COCC#Cc1ccccc1Cl. The molecule has 0 fully saturated rings. The first-order valence-electron chi connectivity index (χ1n) is 4.77. The minimum Gasteiger partial charge on any atom is -0.365 e. The maximum atomic E-state index is 5.93. The number of ether oxygens (including phenoxy) is 1. The molecule has 0 aliphatic heterocycles. The zero-order valence-electron chi connectivity index (χ0n) is 8.66. The van der Waals surface area contributed by atoms with Gasteiger partial charge >= 0.3 is 0 Å². The van der Waals surface area contributed by atoms with Crippen molar-refractivity contribution in [1.29, 1.82) is 0 Å². The summed E-state index contributed by atoms with van der Waals surface area (Å²) >= 11 is 5.93. The number of hydrogen-bond donors (Lipinski definition) is 0. The van der Waals surface area contributed by atoms with Gasteiger partial charge in [-0.2, -0.15) is 0 Å². The summed E-state index contributed by atoms with van der Waals surface area (Å²) in [4.78, 5) is 0. The van der Waals surface area contributed by atoms with Crippen molar-refractivity contribution in [2.75, 3.05) is 13.2 Å². The lowest BCUT2D eigenvalue weighted by atomic mass is 10.2. The highest BCUT2D eigenvalue weighted by atomic mass is 35.5. The first-order chi connectivity index (χ1) is 7.34. The summed E-state index contributed by atoms with van der Waals surface area (Å²) in [6.45, 7) is 2.99. The third-order valence-electron chi connectivity index (χ3n) is 1.72. The summed E-state index contributed by atoms with van der Waals surface area (Å²) in [6, 6.07) is 7.51. The molecule has 0 amide bonds. The highest BCUT2D eigenvalue weighted by Crippen LogP contribution is 2.12. The summed E-state index contributed by atoms with van der Waals surface area (Å²) in [6.07, 6.45) is 3.89. The molecular formula is C13H13ClO. The summed E-state index contributed by atoms with van der Waals surface area (Å²) in [7, 11) is 0. The third-order valence-corrected chi connectivity index (χ3v) is 2.05. The molecule has 1 rings (SSSR count). The highest BCUT2D eigenvalue weighted by Gasteiger charge is 1.91. The predicted octanol–water partition coefficient (Wildman–Crippen LogP) is 3.28. The van der Waals surface area contributed by atoms with Crippen LogP contribution < -0.4 is 0 Å². The Balaban J connectivity index is 2.41. The zero-order chi connectivity index (χ0) is 10.9. The van der Waals surface area contributed by atoms with E-state index in [1.165, 1.54) is 0 Å². The Hall–Kier alpha value is -1.23. The lowest BCUT2D eigenvalue weighted by Gasteiger charge is -1.94. The Labute approximate surface area is 95.7 Å². The van der Waals surface area contributed by atoms with Crippen LogP contribution in [0.3, 0.4) is 0 Å². The Morgan fingerprint density at radius 3 is 2.93 bits per heavy atom. The molecule has 15 heavy (non-hydrogen) atoms. The van der Waals surface area contributed by atoms with Crippen molar-refractivity contribution in [2.24, 2.45) is 0 Å². The van der Waals surface area contributed by atoms with Crippen LogP contribution in [0.1, 0.15) is 12.5 Å². The van der Waals surface area contributed by atoms with E-state index in [2.05, 4.69) is 11.8 Å². The van der Waals surface area contributed by atoms with E-state index >= 15 is 0 Å². The van der Waals surface area contributed by atoms with Gasteiger partial charge in [0.25, 0.3) is 0 Å². The molecule has 0 bridgehead atoms. The minimum absolute atomic E-state index is 0.426. The van der Waals surface area contributed by atoms with Gasteiger partial charge in [-0.15, -0.1) is 0 Å². The van der Waals surface area contributed by atoms with E-state index in [-0.39, 0.29) is 0 Å². The van der Waals surface area contributed by atoms with Crippen LogP contribution in [0.15, 0.2) is 36.4 Å². The van der Waals surface area contributed by atoms with E-state index < -0.39 is 0 Å². The quantitative estimate of drug-likeness (QED) is 0.432. The maximum absolute atomic E-state index is 5.93. The van der Waals surface area contributed by atoms with Gasteiger partial charge in [0.05, 0.1) is 11.6 Å². The molecule has 0 aromatic heterocycles. The second-order valence-corrected chi connectivity index (χ2v) is 3.27. The van der Waals surface area contributed by atoms with Gasteiger partial charge in [0.2, 0.25) is 0 Å². The van der Waals surface area contributed by atoms with Gasteiger partial charge in [-0.25, -0.2) is 0 Å². The van der Waals surface area contributed by atoms with Crippen molar-refractivity contribution < 1.29 is 4.74 Å². The van der Waals surface area contributed by atoms with Gasteiger partial charge in [0.15, 0.2) is 0 Å². The fourth-order valence-corrected chi connectivity index (χ4v) is 1.15.